The van der Waals surface area contributed by atoms with Crippen LogP contribution in [0.25, 0.3) is 0 Å². The topological polar surface area (TPSA) is 94.1 Å². The van der Waals surface area contributed by atoms with Gasteiger partial charge in [-0.2, -0.15) is 0 Å². The third-order valence-electron chi connectivity index (χ3n) is 3.24. The molecule has 1 aliphatic heterocycles. The van der Waals surface area contributed by atoms with Crippen LogP contribution in [-0.4, -0.2) is 93.0 Å². The Balaban J connectivity index is 2.08. The molecule has 0 aromatic rings. The molecule has 0 bridgehead atoms. The highest BCUT2D eigenvalue weighted by atomic mass is 16.5. The molecule has 8 heteroatoms. The zero-order chi connectivity index (χ0) is 15.0. The zero-order valence-electron chi connectivity index (χ0n) is 12.1. The van der Waals surface area contributed by atoms with Gasteiger partial charge in [-0.15, -0.1) is 0 Å². The van der Waals surface area contributed by atoms with Crippen LogP contribution < -0.4 is 10.6 Å². The zero-order valence-corrected chi connectivity index (χ0v) is 12.1. The largest absolute Gasteiger partial charge is 0.480 e. The minimum atomic E-state index is -1.01. The van der Waals surface area contributed by atoms with Gasteiger partial charge in [-0.25, -0.2) is 9.59 Å². The summed E-state index contributed by atoms with van der Waals surface area (Å²) in [6.45, 7) is 3.68. The highest BCUT2D eigenvalue weighted by molar-refractivity contribution is 5.73. The Morgan fingerprint density at radius 2 is 2.05 bits per heavy atom. The molecule has 1 heterocycles. The maximum absolute atomic E-state index is 11.5. The molecular weight excluding hydrogens is 264 g/mol. The standard InChI is InChI=1S/C12H24N4O4/c1-15-4-5-16(2)10(8-15)7-14-12(19)13-3-6-20-9-11(17)18/h10H,3-9H2,1-2H3,(H,17,18)(H2,13,14,19). The first kappa shape index (κ1) is 16.7. The van der Waals surface area contributed by atoms with Crippen LogP contribution >= 0.6 is 0 Å². The van der Waals surface area contributed by atoms with E-state index in [9.17, 15) is 9.59 Å². The maximum Gasteiger partial charge on any atom is 0.329 e. The number of amides is 2. The van der Waals surface area contributed by atoms with E-state index in [1.807, 2.05) is 0 Å². The summed E-state index contributed by atoms with van der Waals surface area (Å²) < 4.78 is 4.81. The number of nitrogens with zero attached hydrogens (tertiary/aromatic N) is 2. The quantitative estimate of drug-likeness (QED) is 0.501. The molecule has 1 saturated heterocycles. The molecule has 1 unspecified atom stereocenters. The molecule has 3 N–H and O–H groups in total. The summed E-state index contributed by atoms with van der Waals surface area (Å²) in [7, 11) is 4.12. The van der Waals surface area contributed by atoms with Crippen LogP contribution in [-0.2, 0) is 9.53 Å². The van der Waals surface area contributed by atoms with Crippen LogP contribution in [0.4, 0.5) is 4.79 Å². The van der Waals surface area contributed by atoms with E-state index in [0.29, 0.717) is 19.1 Å². The number of carboxylic acids is 1. The number of carboxylic acid groups (broad SMARTS) is 1. The van der Waals surface area contributed by atoms with Crippen molar-refractivity contribution < 1.29 is 19.4 Å². The van der Waals surface area contributed by atoms with Crippen LogP contribution in [0.1, 0.15) is 0 Å². The number of carbonyl (C=O) groups is 2. The average molecular weight is 288 g/mol. The predicted molar refractivity (Wildman–Crippen MR) is 73.8 cm³/mol. The first-order valence-electron chi connectivity index (χ1n) is 6.69. The van der Waals surface area contributed by atoms with Crippen molar-refractivity contribution in [1.82, 2.24) is 20.4 Å². The van der Waals surface area contributed by atoms with Crippen molar-refractivity contribution in [3.05, 3.63) is 0 Å². The monoisotopic (exact) mass is 288 g/mol. The molecule has 0 radical (unpaired) electrons. The predicted octanol–water partition coefficient (Wildman–Crippen LogP) is -1.37. The third-order valence-corrected chi connectivity index (χ3v) is 3.24. The van der Waals surface area contributed by atoms with Gasteiger partial charge in [-0.3, -0.25) is 4.90 Å². The van der Waals surface area contributed by atoms with E-state index in [1.54, 1.807) is 0 Å². The summed E-state index contributed by atoms with van der Waals surface area (Å²) in [4.78, 5) is 26.2. The molecule has 0 aliphatic carbocycles. The maximum atomic E-state index is 11.5. The fraction of sp³-hybridized carbons (Fsp3) is 0.833. The number of hydrogen-bond acceptors (Lipinski definition) is 5. The van der Waals surface area contributed by atoms with E-state index in [2.05, 4.69) is 34.5 Å². The van der Waals surface area contributed by atoms with Crippen molar-refractivity contribution in [3.63, 3.8) is 0 Å². The number of aliphatic carboxylic acids is 1. The van der Waals surface area contributed by atoms with Gasteiger partial charge in [0.25, 0.3) is 0 Å². The van der Waals surface area contributed by atoms with E-state index in [-0.39, 0.29) is 19.2 Å². The molecule has 0 aromatic heterocycles. The van der Waals surface area contributed by atoms with E-state index in [1.165, 1.54) is 0 Å². The molecule has 116 valence electrons. The summed E-state index contributed by atoms with van der Waals surface area (Å²) >= 11 is 0. The Labute approximate surface area is 119 Å². The first-order chi connectivity index (χ1) is 9.49. The van der Waals surface area contributed by atoms with Crippen LogP contribution in [0, 0.1) is 0 Å². The van der Waals surface area contributed by atoms with E-state index < -0.39 is 5.97 Å². The van der Waals surface area contributed by atoms with Crippen molar-refractivity contribution in [3.8, 4) is 0 Å². The molecule has 0 saturated carbocycles. The second-order valence-electron chi connectivity index (χ2n) is 4.98. The Kier molecular flexibility index (Phi) is 7.27. The Hall–Kier alpha value is -1.38. The normalized spacial score (nSPS) is 20.6. The van der Waals surface area contributed by atoms with Crippen molar-refractivity contribution >= 4 is 12.0 Å². The third kappa shape index (κ3) is 6.69. The summed E-state index contributed by atoms with van der Waals surface area (Å²) in [6.07, 6.45) is 0. The Bertz CT molecular complexity index is 327. The summed E-state index contributed by atoms with van der Waals surface area (Å²) in [5, 5.41) is 13.8. The number of hydrogen-bond donors (Lipinski definition) is 3. The highest BCUT2D eigenvalue weighted by Gasteiger charge is 2.22. The Morgan fingerprint density at radius 1 is 1.30 bits per heavy atom. The molecule has 1 fully saturated rings. The van der Waals surface area contributed by atoms with E-state index in [4.69, 9.17) is 9.84 Å². The number of carbonyl (C=O) groups excluding carboxylic acids is 1. The van der Waals surface area contributed by atoms with Crippen molar-refractivity contribution in [2.24, 2.45) is 0 Å². The lowest BCUT2D eigenvalue weighted by atomic mass is 10.2. The van der Waals surface area contributed by atoms with Gasteiger partial charge in [-0.1, -0.05) is 0 Å². The second-order valence-corrected chi connectivity index (χ2v) is 4.98. The van der Waals surface area contributed by atoms with Gasteiger partial charge < -0.3 is 25.4 Å². The lowest BCUT2D eigenvalue weighted by molar-refractivity contribution is -0.142. The van der Waals surface area contributed by atoms with Gasteiger partial charge >= 0.3 is 12.0 Å². The van der Waals surface area contributed by atoms with Crippen LogP contribution in [0.15, 0.2) is 0 Å². The van der Waals surface area contributed by atoms with Gasteiger partial charge in [0.1, 0.15) is 6.61 Å². The minimum absolute atomic E-state index is 0.186. The van der Waals surface area contributed by atoms with E-state index in [0.717, 1.165) is 19.6 Å². The van der Waals surface area contributed by atoms with Crippen LogP contribution in [0.2, 0.25) is 0 Å². The molecule has 20 heavy (non-hydrogen) atoms. The first-order valence-corrected chi connectivity index (χ1v) is 6.69. The van der Waals surface area contributed by atoms with Gasteiger partial charge in [-0.05, 0) is 14.1 Å². The lowest BCUT2D eigenvalue weighted by Crippen LogP contribution is -2.55. The lowest BCUT2D eigenvalue weighted by Gasteiger charge is -2.37. The molecule has 1 aliphatic rings. The number of rotatable bonds is 7. The fourth-order valence-corrected chi connectivity index (χ4v) is 1.99. The van der Waals surface area contributed by atoms with Crippen LogP contribution in [0.3, 0.4) is 0 Å². The molecule has 2 amide bonds. The number of urea groups is 1. The Morgan fingerprint density at radius 3 is 2.75 bits per heavy atom. The number of nitrogens with one attached hydrogen (secondary N) is 2. The van der Waals surface area contributed by atoms with Crippen LogP contribution in [0.5, 0.6) is 0 Å². The van der Waals surface area contributed by atoms with Gasteiger partial charge in [0.15, 0.2) is 0 Å². The number of ether oxygens (including phenoxy) is 1. The van der Waals surface area contributed by atoms with Gasteiger partial charge in [0, 0.05) is 38.8 Å². The average Bonchev–Trinajstić information content (AvgIpc) is 2.39. The van der Waals surface area contributed by atoms with Crippen molar-refractivity contribution in [2.75, 3.05) is 60.0 Å². The minimum Gasteiger partial charge on any atom is -0.480 e. The molecule has 1 rings (SSSR count). The summed E-state index contributed by atoms with van der Waals surface area (Å²) in [5.41, 5.74) is 0. The summed E-state index contributed by atoms with van der Waals surface area (Å²) in [6, 6.07) is 0.0494. The van der Waals surface area contributed by atoms with E-state index >= 15 is 0 Å². The molecular formula is C12H24N4O4. The molecule has 0 aromatic carbocycles. The van der Waals surface area contributed by atoms with Crippen molar-refractivity contribution in [1.29, 1.82) is 0 Å². The SMILES string of the molecule is CN1CCN(C)C(CNC(=O)NCCOCC(=O)O)C1. The molecule has 1 atom stereocenters. The molecule has 0 spiro atoms. The molecule has 8 nitrogen and oxygen atoms in total. The van der Waals surface area contributed by atoms with Gasteiger partial charge in [0.2, 0.25) is 0 Å². The van der Waals surface area contributed by atoms with Crippen molar-refractivity contribution in [2.45, 2.75) is 6.04 Å². The highest BCUT2D eigenvalue weighted by Crippen LogP contribution is 2.04. The van der Waals surface area contributed by atoms with Gasteiger partial charge in [0.05, 0.1) is 6.61 Å². The summed E-state index contributed by atoms with van der Waals surface area (Å²) in [5.74, 6) is -1.01. The fourth-order valence-electron chi connectivity index (χ4n) is 1.99. The second kappa shape index (κ2) is 8.72. The number of piperazine rings is 1. The number of likely N-dealkylation sites (N-methyl/N-ethyl adjacent to an activating group) is 2. The smallest absolute Gasteiger partial charge is 0.329 e.